The van der Waals surface area contributed by atoms with Gasteiger partial charge in [0.1, 0.15) is 0 Å². The summed E-state index contributed by atoms with van der Waals surface area (Å²) in [4.78, 5) is 13.6. The van der Waals surface area contributed by atoms with Crippen molar-refractivity contribution in [2.75, 3.05) is 11.9 Å². The minimum Gasteiger partial charge on any atom is -0.314 e. The molecule has 0 radical (unpaired) electrons. The molecule has 0 fully saturated rings. The first-order valence-corrected chi connectivity index (χ1v) is 9.56. The van der Waals surface area contributed by atoms with Gasteiger partial charge in [0.05, 0.1) is 10.3 Å². The van der Waals surface area contributed by atoms with E-state index in [0.29, 0.717) is 11.3 Å². The fourth-order valence-corrected chi connectivity index (χ4v) is 4.77. The first-order valence-electron chi connectivity index (χ1n) is 8.07. The van der Waals surface area contributed by atoms with E-state index in [2.05, 4.69) is 0 Å². The Morgan fingerprint density at radius 3 is 2.35 bits per heavy atom. The average Bonchev–Trinajstić information content (AvgIpc) is 2.76. The molecular formula is C19H19F2NO3S. The second-order valence-corrected chi connectivity index (χ2v) is 8.92. The summed E-state index contributed by atoms with van der Waals surface area (Å²) in [6.45, 7) is 3.17. The van der Waals surface area contributed by atoms with Crippen LogP contribution < -0.4 is 4.90 Å². The van der Waals surface area contributed by atoms with Crippen LogP contribution in [0.4, 0.5) is 14.5 Å². The number of benzene rings is 2. The molecule has 0 N–H and O–H groups in total. The van der Waals surface area contributed by atoms with E-state index in [0.717, 1.165) is 17.7 Å². The zero-order valence-electron chi connectivity index (χ0n) is 14.7. The molecule has 3 rings (SSSR count). The maximum Gasteiger partial charge on any atom is 0.351 e. The molecule has 0 bridgehead atoms. The third-order valence-electron chi connectivity index (χ3n) is 4.89. The molecule has 0 saturated carbocycles. The van der Waals surface area contributed by atoms with Gasteiger partial charge in [0, 0.05) is 19.2 Å². The summed E-state index contributed by atoms with van der Waals surface area (Å²) in [7, 11) is -3.42. The highest BCUT2D eigenvalue weighted by molar-refractivity contribution is 7.92. The van der Waals surface area contributed by atoms with E-state index in [1.54, 1.807) is 31.2 Å². The smallest absolute Gasteiger partial charge is 0.314 e. The van der Waals surface area contributed by atoms with Crippen molar-refractivity contribution in [2.24, 2.45) is 0 Å². The van der Waals surface area contributed by atoms with Crippen molar-refractivity contribution in [1.82, 2.24) is 0 Å². The number of alkyl halides is 2. The fraction of sp³-hybridized carbons (Fsp3) is 0.316. The number of sulfone groups is 1. The van der Waals surface area contributed by atoms with Crippen LogP contribution in [0, 0.1) is 6.92 Å². The van der Waals surface area contributed by atoms with Gasteiger partial charge >= 0.3 is 5.25 Å². The Bertz CT molecular complexity index is 974. The van der Waals surface area contributed by atoms with Gasteiger partial charge in [0.2, 0.25) is 15.7 Å². The number of hydrogen-bond donors (Lipinski definition) is 0. The summed E-state index contributed by atoms with van der Waals surface area (Å²) in [6, 6.07) is 11.7. The number of rotatable bonds is 4. The van der Waals surface area contributed by atoms with Crippen LogP contribution in [0.25, 0.3) is 0 Å². The van der Waals surface area contributed by atoms with Crippen molar-refractivity contribution in [3.63, 3.8) is 0 Å². The molecule has 2 aromatic rings. The SMILES string of the molecule is Cc1ccc2c(c1)C(C)(CC(F)(F)S(=O)(=O)c1ccccc1)C(=O)N2C. The Kier molecular flexibility index (Phi) is 4.18. The zero-order valence-corrected chi connectivity index (χ0v) is 15.5. The lowest BCUT2D eigenvalue weighted by Crippen LogP contribution is -2.43. The Balaban J connectivity index is 2.08. The van der Waals surface area contributed by atoms with E-state index < -0.39 is 37.7 Å². The van der Waals surface area contributed by atoms with Gasteiger partial charge < -0.3 is 4.90 Å². The minimum atomic E-state index is -4.92. The number of halogens is 2. The molecule has 0 spiro atoms. The number of aryl methyl sites for hydroxylation is 1. The summed E-state index contributed by atoms with van der Waals surface area (Å²) in [5, 5.41) is -4.09. The van der Waals surface area contributed by atoms with E-state index in [4.69, 9.17) is 0 Å². The van der Waals surface area contributed by atoms with Gasteiger partial charge in [-0.1, -0.05) is 35.9 Å². The van der Waals surface area contributed by atoms with Crippen LogP contribution in [0.15, 0.2) is 53.4 Å². The topological polar surface area (TPSA) is 54.5 Å². The van der Waals surface area contributed by atoms with Crippen LogP contribution >= 0.6 is 0 Å². The monoisotopic (exact) mass is 379 g/mol. The van der Waals surface area contributed by atoms with Crippen LogP contribution in [0.2, 0.25) is 0 Å². The van der Waals surface area contributed by atoms with Crippen LogP contribution in [0.3, 0.4) is 0 Å². The Morgan fingerprint density at radius 1 is 1.12 bits per heavy atom. The lowest BCUT2D eigenvalue weighted by Gasteiger charge is -2.28. The van der Waals surface area contributed by atoms with Gasteiger partial charge in [-0.2, -0.15) is 8.78 Å². The van der Waals surface area contributed by atoms with Crippen molar-refractivity contribution >= 4 is 21.4 Å². The predicted octanol–water partition coefficient (Wildman–Crippen LogP) is 3.69. The molecule has 1 amide bonds. The van der Waals surface area contributed by atoms with Gasteiger partial charge in [0.25, 0.3) is 0 Å². The molecule has 1 aliphatic rings. The number of carbonyl (C=O) groups excluding carboxylic acids is 1. The number of amides is 1. The number of fused-ring (bicyclic) bond motifs is 1. The summed E-state index contributed by atoms with van der Waals surface area (Å²) in [5.74, 6) is -0.541. The lowest BCUT2D eigenvalue weighted by atomic mass is 9.80. The molecule has 0 aliphatic carbocycles. The quantitative estimate of drug-likeness (QED) is 0.814. The second kappa shape index (κ2) is 5.87. The molecule has 0 aromatic heterocycles. The van der Waals surface area contributed by atoms with E-state index >= 15 is 0 Å². The highest BCUT2D eigenvalue weighted by Gasteiger charge is 2.57. The highest BCUT2D eigenvalue weighted by Crippen LogP contribution is 2.48. The normalized spacial score (nSPS) is 20.3. The van der Waals surface area contributed by atoms with E-state index in [1.165, 1.54) is 31.0 Å². The van der Waals surface area contributed by atoms with Gasteiger partial charge in [-0.25, -0.2) is 8.42 Å². The van der Waals surface area contributed by atoms with Crippen LogP contribution in [-0.4, -0.2) is 26.6 Å². The third kappa shape index (κ3) is 2.61. The minimum absolute atomic E-state index is 0.424. The molecular weight excluding hydrogens is 360 g/mol. The molecule has 26 heavy (non-hydrogen) atoms. The molecule has 1 aliphatic heterocycles. The number of nitrogens with zero attached hydrogens (tertiary/aromatic N) is 1. The molecule has 1 heterocycles. The maximum absolute atomic E-state index is 14.9. The van der Waals surface area contributed by atoms with Crippen molar-refractivity contribution in [3.8, 4) is 0 Å². The standard InChI is InChI=1S/C19H19F2NO3S/c1-13-9-10-16-15(11-13)18(2,17(23)22(16)3)12-19(20,21)26(24,25)14-7-5-4-6-8-14/h4-11H,12H2,1-3H3. The Hall–Kier alpha value is -2.28. The Labute approximate surface area is 151 Å². The zero-order chi connectivity index (χ0) is 19.3. The molecule has 4 nitrogen and oxygen atoms in total. The van der Waals surface area contributed by atoms with Crippen molar-refractivity contribution in [2.45, 2.75) is 35.8 Å². The number of anilines is 1. The first kappa shape index (κ1) is 18.5. The summed E-state index contributed by atoms with van der Waals surface area (Å²) in [6.07, 6.45) is -1.11. The molecule has 138 valence electrons. The lowest BCUT2D eigenvalue weighted by molar-refractivity contribution is -0.124. The van der Waals surface area contributed by atoms with Crippen LogP contribution in [0.5, 0.6) is 0 Å². The van der Waals surface area contributed by atoms with Crippen molar-refractivity contribution in [1.29, 1.82) is 0 Å². The summed E-state index contributed by atoms with van der Waals surface area (Å²) >= 11 is 0. The average molecular weight is 379 g/mol. The largest absolute Gasteiger partial charge is 0.351 e. The van der Waals surface area contributed by atoms with Gasteiger partial charge in [-0.15, -0.1) is 0 Å². The maximum atomic E-state index is 14.9. The van der Waals surface area contributed by atoms with Gasteiger partial charge in [0.15, 0.2) is 0 Å². The van der Waals surface area contributed by atoms with Crippen molar-refractivity contribution < 1.29 is 22.0 Å². The molecule has 1 atom stereocenters. The van der Waals surface area contributed by atoms with E-state index in [-0.39, 0.29) is 0 Å². The van der Waals surface area contributed by atoms with Gasteiger partial charge in [-0.05, 0) is 37.6 Å². The molecule has 1 unspecified atom stereocenters. The van der Waals surface area contributed by atoms with Crippen LogP contribution in [0.1, 0.15) is 24.5 Å². The Morgan fingerprint density at radius 2 is 1.73 bits per heavy atom. The van der Waals surface area contributed by atoms with E-state index in [9.17, 15) is 22.0 Å². The predicted molar refractivity (Wildman–Crippen MR) is 95.1 cm³/mol. The van der Waals surface area contributed by atoms with Crippen LogP contribution in [-0.2, 0) is 20.0 Å². The number of hydrogen-bond acceptors (Lipinski definition) is 3. The molecule has 7 heteroatoms. The highest BCUT2D eigenvalue weighted by atomic mass is 32.2. The first-order chi connectivity index (χ1) is 12.0. The third-order valence-corrected chi connectivity index (χ3v) is 6.71. The van der Waals surface area contributed by atoms with E-state index in [1.807, 2.05) is 0 Å². The molecule has 0 saturated heterocycles. The van der Waals surface area contributed by atoms with Gasteiger partial charge in [-0.3, -0.25) is 4.79 Å². The second-order valence-electron chi connectivity index (χ2n) is 6.85. The number of carbonyl (C=O) groups is 1. The molecule has 2 aromatic carbocycles. The van der Waals surface area contributed by atoms with Crippen molar-refractivity contribution in [3.05, 3.63) is 59.7 Å². The number of likely N-dealkylation sites (N-methyl/N-ethyl adjacent to an activating group) is 1. The summed E-state index contributed by atoms with van der Waals surface area (Å²) in [5.41, 5.74) is 0.137. The summed E-state index contributed by atoms with van der Waals surface area (Å²) < 4.78 is 54.8. The fourth-order valence-electron chi connectivity index (χ4n) is 3.43.